The molecular weight excluding hydrogens is 196 g/mol. The molecule has 0 saturated carbocycles. The first kappa shape index (κ1) is 11.6. The molecule has 1 aliphatic heterocycles. The highest BCUT2D eigenvalue weighted by Crippen LogP contribution is 2.22. The predicted molar refractivity (Wildman–Crippen MR) is 68.3 cm³/mol. The maximum absolute atomic E-state index is 5.94. The Bertz CT molecular complexity index is 289. The second-order valence-corrected chi connectivity index (χ2v) is 4.61. The third-order valence-corrected chi connectivity index (χ3v) is 3.49. The Morgan fingerprint density at radius 1 is 1.00 bits per heavy atom. The van der Waals surface area contributed by atoms with Crippen molar-refractivity contribution in [1.29, 1.82) is 0 Å². The monoisotopic (exact) mass is 218 g/mol. The fourth-order valence-electron chi connectivity index (χ4n) is 2.58. The average Bonchev–Trinajstić information content (AvgIpc) is 2.61. The molecule has 0 aliphatic carbocycles. The van der Waals surface area contributed by atoms with E-state index < -0.39 is 0 Å². The van der Waals surface area contributed by atoms with Crippen LogP contribution in [0.5, 0.6) is 0 Å². The quantitative estimate of drug-likeness (QED) is 0.845. The van der Waals surface area contributed by atoms with Crippen molar-refractivity contribution in [3.05, 3.63) is 35.9 Å². The van der Waals surface area contributed by atoms with Gasteiger partial charge in [0, 0.05) is 12.6 Å². The van der Waals surface area contributed by atoms with Crippen molar-refractivity contribution in [2.24, 2.45) is 5.73 Å². The molecule has 1 atom stereocenters. The Labute approximate surface area is 98.4 Å². The van der Waals surface area contributed by atoms with Crippen LogP contribution >= 0.6 is 0 Å². The smallest absolute Gasteiger partial charge is 0.0470 e. The Balaban J connectivity index is 2.09. The first-order chi connectivity index (χ1) is 7.92. The lowest BCUT2D eigenvalue weighted by molar-refractivity contribution is 0.210. The van der Waals surface area contributed by atoms with Crippen molar-refractivity contribution >= 4 is 0 Å². The van der Waals surface area contributed by atoms with Gasteiger partial charge in [-0.05, 0) is 31.5 Å². The van der Waals surface area contributed by atoms with Crippen molar-refractivity contribution in [3.8, 4) is 0 Å². The highest BCUT2D eigenvalue weighted by molar-refractivity contribution is 5.19. The van der Waals surface area contributed by atoms with Gasteiger partial charge in [-0.15, -0.1) is 0 Å². The van der Waals surface area contributed by atoms with Crippen molar-refractivity contribution < 1.29 is 0 Å². The second kappa shape index (κ2) is 6.02. The lowest BCUT2D eigenvalue weighted by Gasteiger charge is -2.30. The first-order valence-electron chi connectivity index (χ1n) is 6.41. The zero-order valence-corrected chi connectivity index (χ0v) is 9.94. The summed E-state index contributed by atoms with van der Waals surface area (Å²) in [5.41, 5.74) is 7.31. The van der Waals surface area contributed by atoms with Crippen LogP contribution in [0.3, 0.4) is 0 Å². The van der Waals surface area contributed by atoms with Crippen LogP contribution in [-0.4, -0.2) is 24.5 Å². The Kier molecular flexibility index (Phi) is 4.37. The number of hydrogen-bond donors (Lipinski definition) is 1. The summed E-state index contributed by atoms with van der Waals surface area (Å²) >= 11 is 0. The molecule has 1 unspecified atom stereocenters. The SMILES string of the molecule is NCC(c1ccccc1)N1CCCCCC1. The molecule has 0 bridgehead atoms. The zero-order valence-electron chi connectivity index (χ0n) is 9.94. The number of benzene rings is 1. The standard InChI is InChI=1S/C14H22N2/c15-12-14(13-8-4-3-5-9-13)16-10-6-1-2-7-11-16/h3-5,8-9,14H,1-2,6-7,10-12,15H2. The van der Waals surface area contributed by atoms with Crippen molar-refractivity contribution in [2.75, 3.05) is 19.6 Å². The fraction of sp³-hybridized carbons (Fsp3) is 0.571. The highest BCUT2D eigenvalue weighted by Gasteiger charge is 2.19. The maximum Gasteiger partial charge on any atom is 0.0470 e. The van der Waals surface area contributed by atoms with Crippen LogP contribution in [-0.2, 0) is 0 Å². The first-order valence-corrected chi connectivity index (χ1v) is 6.41. The average molecular weight is 218 g/mol. The third kappa shape index (κ3) is 2.83. The van der Waals surface area contributed by atoms with Crippen molar-refractivity contribution in [1.82, 2.24) is 4.90 Å². The number of nitrogens with zero attached hydrogens (tertiary/aromatic N) is 1. The maximum atomic E-state index is 5.94. The van der Waals surface area contributed by atoms with Crippen LogP contribution in [0, 0.1) is 0 Å². The van der Waals surface area contributed by atoms with Gasteiger partial charge in [-0.25, -0.2) is 0 Å². The summed E-state index contributed by atoms with van der Waals surface area (Å²) in [6.45, 7) is 3.14. The summed E-state index contributed by atoms with van der Waals surface area (Å²) < 4.78 is 0. The lowest BCUT2D eigenvalue weighted by atomic mass is 10.1. The molecule has 1 aromatic rings. The third-order valence-electron chi connectivity index (χ3n) is 3.49. The van der Waals surface area contributed by atoms with Gasteiger partial charge in [-0.1, -0.05) is 43.2 Å². The molecule has 1 fully saturated rings. The van der Waals surface area contributed by atoms with Crippen LogP contribution in [0.15, 0.2) is 30.3 Å². The molecule has 1 aliphatic rings. The number of likely N-dealkylation sites (tertiary alicyclic amines) is 1. The molecule has 2 N–H and O–H groups in total. The second-order valence-electron chi connectivity index (χ2n) is 4.61. The van der Waals surface area contributed by atoms with Gasteiger partial charge in [0.25, 0.3) is 0 Å². The number of nitrogens with two attached hydrogens (primary N) is 1. The summed E-state index contributed by atoms with van der Waals surface area (Å²) in [5, 5.41) is 0. The van der Waals surface area contributed by atoms with E-state index in [1.54, 1.807) is 0 Å². The molecule has 1 saturated heterocycles. The van der Waals surface area contributed by atoms with E-state index in [1.807, 2.05) is 0 Å². The summed E-state index contributed by atoms with van der Waals surface area (Å²) in [6, 6.07) is 11.1. The Morgan fingerprint density at radius 3 is 2.19 bits per heavy atom. The highest BCUT2D eigenvalue weighted by atomic mass is 15.2. The molecule has 2 nitrogen and oxygen atoms in total. The van der Waals surface area contributed by atoms with E-state index >= 15 is 0 Å². The van der Waals surface area contributed by atoms with Gasteiger partial charge in [-0.3, -0.25) is 4.90 Å². The minimum atomic E-state index is 0.416. The molecule has 1 heterocycles. The van der Waals surface area contributed by atoms with E-state index in [1.165, 1.54) is 44.3 Å². The van der Waals surface area contributed by atoms with Crippen molar-refractivity contribution in [2.45, 2.75) is 31.7 Å². The van der Waals surface area contributed by atoms with Gasteiger partial charge in [0.05, 0.1) is 0 Å². The predicted octanol–water partition coefficient (Wildman–Crippen LogP) is 2.56. The van der Waals surface area contributed by atoms with Gasteiger partial charge in [0.15, 0.2) is 0 Å². The van der Waals surface area contributed by atoms with Crippen molar-refractivity contribution in [3.63, 3.8) is 0 Å². The summed E-state index contributed by atoms with van der Waals surface area (Å²) in [4.78, 5) is 2.56. The van der Waals surface area contributed by atoms with Crippen LogP contribution in [0.25, 0.3) is 0 Å². The van der Waals surface area contributed by atoms with Gasteiger partial charge >= 0.3 is 0 Å². The molecule has 0 aromatic heterocycles. The van der Waals surface area contributed by atoms with Crippen LogP contribution in [0.4, 0.5) is 0 Å². The molecular formula is C14H22N2. The minimum absolute atomic E-state index is 0.416. The molecule has 2 rings (SSSR count). The van der Waals surface area contributed by atoms with E-state index in [0.29, 0.717) is 6.04 Å². The molecule has 88 valence electrons. The van der Waals surface area contributed by atoms with Gasteiger partial charge in [-0.2, -0.15) is 0 Å². The Morgan fingerprint density at radius 2 is 1.62 bits per heavy atom. The zero-order chi connectivity index (χ0) is 11.2. The summed E-state index contributed by atoms with van der Waals surface area (Å²) in [7, 11) is 0. The number of hydrogen-bond acceptors (Lipinski definition) is 2. The molecule has 0 amide bonds. The van der Waals surface area contributed by atoms with Gasteiger partial charge in [0.2, 0.25) is 0 Å². The fourth-order valence-corrected chi connectivity index (χ4v) is 2.58. The van der Waals surface area contributed by atoms with E-state index in [0.717, 1.165) is 6.54 Å². The molecule has 16 heavy (non-hydrogen) atoms. The van der Waals surface area contributed by atoms with E-state index in [-0.39, 0.29) is 0 Å². The topological polar surface area (TPSA) is 29.3 Å². The van der Waals surface area contributed by atoms with Gasteiger partial charge in [0.1, 0.15) is 0 Å². The van der Waals surface area contributed by atoms with E-state index in [4.69, 9.17) is 5.73 Å². The Hall–Kier alpha value is -0.860. The molecule has 0 spiro atoms. The summed E-state index contributed by atoms with van der Waals surface area (Å²) in [6.07, 6.45) is 5.40. The molecule has 1 aromatic carbocycles. The van der Waals surface area contributed by atoms with Crippen LogP contribution < -0.4 is 5.73 Å². The molecule has 0 radical (unpaired) electrons. The largest absolute Gasteiger partial charge is 0.329 e. The van der Waals surface area contributed by atoms with Gasteiger partial charge < -0.3 is 5.73 Å². The lowest BCUT2D eigenvalue weighted by Crippen LogP contribution is -2.34. The van der Waals surface area contributed by atoms with Crippen LogP contribution in [0.2, 0.25) is 0 Å². The van der Waals surface area contributed by atoms with Crippen LogP contribution in [0.1, 0.15) is 37.3 Å². The normalized spacial score (nSPS) is 20.3. The summed E-state index contributed by atoms with van der Waals surface area (Å²) in [5.74, 6) is 0. The number of rotatable bonds is 3. The molecule has 2 heteroatoms. The van der Waals surface area contributed by atoms with E-state index in [2.05, 4.69) is 35.2 Å². The van der Waals surface area contributed by atoms with E-state index in [9.17, 15) is 0 Å². The minimum Gasteiger partial charge on any atom is -0.329 e.